The molecule has 1 atom stereocenters. The molecule has 1 unspecified atom stereocenters. The normalized spacial score (nSPS) is 13.3. The third kappa shape index (κ3) is 8.77. The van der Waals surface area contributed by atoms with Crippen molar-refractivity contribution in [1.29, 1.82) is 0 Å². The maximum Gasteiger partial charge on any atom is 0.387 e. The van der Waals surface area contributed by atoms with E-state index < -0.39 is 12.2 Å². The van der Waals surface area contributed by atoms with Gasteiger partial charge in [0.2, 0.25) is 0 Å². The van der Waals surface area contributed by atoms with E-state index in [1.807, 2.05) is 13.8 Å². The van der Waals surface area contributed by atoms with Crippen molar-refractivity contribution in [3.8, 4) is 11.5 Å². The molecule has 1 heterocycles. The Bertz CT molecular complexity index is 862. The fraction of sp³-hybridized carbons (Fsp3) is 0.524. The van der Waals surface area contributed by atoms with Crippen LogP contribution in [-0.4, -0.2) is 47.2 Å². The van der Waals surface area contributed by atoms with Gasteiger partial charge < -0.3 is 25.2 Å². The van der Waals surface area contributed by atoms with Crippen LogP contribution in [0.1, 0.15) is 38.3 Å². The van der Waals surface area contributed by atoms with Gasteiger partial charge in [-0.3, -0.25) is 4.68 Å². The van der Waals surface area contributed by atoms with E-state index in [0.29, 0.717) is 36.0 Å². The molecule has 0 fully saturated rings. The molecule has 180 valence electrons. The molecular formula is C21H32F2IN5O3. The van der Waals surface area contributed by atoms with E-state index in [2.05, 4.69) is 25.5 Å². The number of nitrogens with zero attached hydrogens (tertiary/aromatic N) is 3. The number of nitrogens with one attached hydrogen (secondary N) is 2. The Morgan fingerprint density at radius 1 is 1.31 bits per heavy atom. The summed E-state index contributed by atoms with van der Waals surface area (Å²) in [5, 5.41) is 21.0. The molecule has 32 heavy (non-hydrogen) atoms. The molecular weight excluding hydrogens is 535 g/mol. The van der Waals surface area contributed by atoms with E-state index in [1.165, 1.54) is 6.07 Å². The Hall–Kier alpha value is -2.15. The van der Waals surface area contributed by atoms with Crippen LogP contribution in [0.3, 0.4) is 0 Å². The monoisotopic (exact) mass is 567 g/mol. The number of aryl methyl sites for hydroxylation is 1. The zero-order valence-corrected chi connectivity index (χ0v) is 21.1. The number of guanidine groups is 1. The van der Waals surface area contributed by atoms with Crippen LogP contribution in [0.2, 0.25) is 0 Å². The zero-order chi connectivity index (χ0) is 22.9. The minimum absolute atomic E-state index is 0. The Labute approximate surface area is 204 Å². The van der Waals surface area contributed by atoms with Crippen molar-refractivity contribution in [2.45, 2.75) is 45.9 Å². The van der Waals surface area contributed by atoms with Crippen molar-refractivity contribution in [3.05, 3.63) is 41.7 Å². The highest BCUT2D eigenvalue weighted by atomic mass is 127. The molecule has 0 radical (unpaired) electrons. The van der Waals surface area contributed by atoms with Gasteiger partial charge in [0.25, 0.3) is 0 Å². The first kappa shape index (κ1) is 27.9. The van der Waals surface area contributed by atoms with Gasteiger partial charge in [-0.2, -0.15) is 13.9 Å². The molecule has 0 amide bonds. The first-order valence-electron chi connectivity index (χ1n) is 10.2. The van der Waals surface area contributed by atoms with E-state index in [4.69, 9.17) is 4.74 Å². The summed E-state index contributed by atoms with van der Waals surface area (Å²) in [6.07, 6.45) is 4.14. The van der Waals surface area contributed by atoms with Crippen LogP contribution >= 0.6 is 24.0 Å². The van der Waals surface area contributed by atoms with Gasteiger partial charge >= 0.3 is 6.61 Å². The topological polar surface area (TPSA) is 92.9 Å². The molecule has 0 bridgehead atoms. The summed E-state index contributed by atoms with van der Waals surface area (Å²) in [6, 6.07) is 4.80. The molecule has 0 aliphatic carbocycles. The predicted octanol–water partition coefficient (Wildman–Crippen LogP) is 3.39. The van der Waals surface area contributed by atoms with Crippen molar-refractivity contribution >= 4 is 29.9 Å². The molecule has 0 spiro atoms. The van der Waals surface area contributed by atoms with Crippen LogP contribution in [-0.2, 0) is 19.2 Å². The number of hydrogen-bond donors (Lipinski definition) is 3. The Morgan fingerprint density at radius 3 is 2.66 bits per heavy atom. The molecule has 11 heteroatoms. The van der Waals surface area contributed by atoms with Gasteiger partial charge in [-0.15, -0.1) is 24.0 Å². The lowest BCUT2D eigenvalue weighted by Crippen LogP contribution is -2.44. The maximum atomic E-state index is 12.9. The molecule has 1 aromatic heterocycles. The minimum atomic E-state index is -2.95. The highest BCUT2D eigenvalue weighted by Crippen LogP contribution is 2.27. The summed E-state index contributed by atoms with van der Waals surface area (Å²) in [7, 11) is 1.77. The van der Waals surface area contributed by atoms with E-state index in [-0.39, 0.29) is 42.8 Å². The summed E-state index contributed by atoms with van der Waals surface area (Å²) < 4.78 is 37.5. The summed E-state index contributed by atoms with van der Waals surface area (Å²) in [4.78, 5) is 4.44. The predicted molar refractivity (Wildman–Crippen MR) is 130 cm³/mol. The quantitative estimate of drug-likeness (QED) is 0.219. The number of aromatic nitrogens is 2. The lowest BCUT2D eigenvalue weighted by molar-refractivity contribution is -0.0505. The number of hydrogen-bond acceptors (Lipinski definition) is 5. The van der Waals surface area contributed by atoms with Gasteiger partial charge in [-0.05, 0) is 32.4 Å². The molecule has 0 aliphatic heterocycles. The second kappa shape index (κ2) is 13.4. The van der Waals surface area contributed by atoms with Gasteiger partial charge in [-0.1, -0.05) is 6.92 Å². The molecule has 3 N–H and O–H groups in total. The van der Waals surface area contributed by atoms with Crippen LogP contribution in [0.5, 0.6) is 11.5 Å². The number of ether oxygens (including phenoxy) is 2. The first-order chi connectivity index (χ1) is 14.7. The second-order valence-corrected chi connectivity index (χ2v) is 7.22. The van der Waals surface area contributed by atoms with Gasteiger partial charge in [-0.25, -0.2) is 4.99 Å². The SMILES string of the molecule is CCCOc1ccc(CN=C(NCC)NCC(C)(O)c2cnn(C)c2)c(OC(F)F)c1.I. The van der Waals surface area contributed by atoms with Crippen molar-refractivity contribution < 1.29 is 23.4 Å². The summed E-state index contributed by atoms with van der Waals surface area (Å²) in [5.74, 6) is 0.911. The van der Waals surface area contributed by atoms with E-state index in [0.717, 1.165) is 6.42 Å². The molecule has 2 rings (SSSR count). The van der Waals surface area contributed by atoms with Crippen molar-refractivity contribution in [1.82, 2.24) is 20.4 Å². The number of halogens is 3. The summed E-state index contributed by atoms with van der Waals surface area (Å²) in [6.45, 7) is 3.93. The van der Waals surface area contributed by atoms with E-state index in [1.54, 1.807) is 43.2 Å². The van der Waals surface area contributed by atoms with E-state index in [9.17, 15) is 13.9 Å². The molecule has 0 aliphatic rings. The Balaban J connectivity index is 0.00000512. The molecule has 1 aromatic carbocycles. The van der Waals surface area contributed by atoms with Crippen LogP contribution in [0.15, 0.2) is 35.6 Å². The van der Waals surface area contributed by atoms with Crippen molar-refractivity contribution in [2.75, 3.05) is 19.7 Å². The third-order valence-corrected chi connectivity index (χ3v) is 4.41. The number of alkyl halides is 2. The van der Waals surface area contributed by atoms with Crippen LogP contribution in [0.4, 0.5) is 8.78 Å². The molecule has 8 nitrogen and oxygen atoms in total. The Morgan fingerprint density at radius 2 is 2.06 bits per heavy atom. The number of benzene rings is 1. The van der Waals surface area contributed by atoms with Crippen LogP contribution in [0.25, 0.3) is 0 Å². The third-order valence-electron chi connectivity index (χ3n) is 4.41. The smallest absolute Gasteiger partial charge is 0.387 e. The second-order valence-electron chi connectivity index (χ2n) is 7.22. The standard InChI is InChI=1S/C21H31F2N5O3.HI/c1-5-9-30-17-8-7-15(18(10-17)31-19(22)23)11-25-20(24-6-2)26-14-21(3,29)16-12-27-28(4)13-16;/h7-8,10,12-13,19,29H,5-6,9,11,14H2,1-4H3,(H2,24,25,26);1H. The fourth-order valence-corrected chi connectivity index (χ4v) is 2.74. The van der Waals surface area contributed by atoms with Gasteiger partial charge in [0.05, 0.1) is 25.9 Å². The number of aliphatic imine (C=N–C) groups is 1. The lowest BCUT2D eigenvalue weighted by Gasteiger charge is -2.23. The largest absolute Gasteiger partial charge is 0.493 e. The highest BCUT2D eigenvalue weighted by Gasteiger charge is 2.25. The maximum absolute atomic E-state index is 12.9. The van der Waals surface area contributed by atoms with Gasteiger partial charge in [0, 0.05) is 37.0 Å². The fourth-order valence-electron chi connectivity index (χ4n) is 2.74. The lowest BCUT2D eigenvalue weighted by atomic mass is 10.00. The highest BCUT2D eigenvalue weighted by molar-refractivity contribution is 14.0. The van der Waals surface area contributed by atoms with Crippen molar-refractivity contribution in [2.24, 2.45) is 12.0 Å². The average molecular weight is 567 g/mol. The van der Waals surface area contributed by atoms with Crippen molar-refractivity contribution in [3.63, 3.8) is 0 Å². The number of rotatable bonds is 11. The first-order valence-corrected chi connectivity index (χ1v) is 10.2. The average Bonchev–Trinajstić information content (AvgIpc) is 3.16. The van der Waals surface area contributed by atoms with Gasteiger partial charge in [0.15, 0.2) is 5.96 Å². The Kier molecular flexibility index (Phi) is 11.7. The zero-order valence-electron chi connectivity index (χ0n) is 18.8. The van der Waals surface area contributed by atoms with Crippen LogP contribution < -0.4 is 20.1 Å². The minimum Gasteiger partial charge on any atom is -0.493 e. The summed E-state index contributed by atoms with van der Waals surface area (Å²) in [5.41, 5.74) is -0.0267. The van der Waals surface area contributed by atoms with E-state index >= 15 is 0 Å². The molecule has 0 saturated carbocycles. The van der Waals surface area contributed by atoms with Gasteiger partial charge in [0.1, 0.15) is 17.1 Å². The molecule has 0 saturated heterocycles. The van der Waals surface area contributed by atoms with Crippen LogP contribution in [0, 0.1) is 0 Å². The summed E-state index contributed by atoms with van der Waals surface area (Å²) >= 11 is 0. The number of aliphatic hydroxyl groups is 1. The molecule has 2 aromatic rings.